The van der Waals surface area contributed by atoms with Gasteiger partial charge in [0.2, 0.25) is 0 Å². The summed E-state index contributed by atoms with van der Waals surface area (Å²) in [4.78, 5) is 15.4. The molecule has 136 valence electrons. The molecule has 11 heteroatoms. The van der Waals surface area contributed by atoms with Gasteiger partial charge in [-0.15, -0.1) is 5.10 Å². The second-order valence-electron chi connectivity index (χ2n) is 4.95. The molecule has 0 saturated carbocycles. The number of carbonyl (C=O) groups excluding carboxylic acids is 1. The Hall–Kier alpha value is -2.69. The molecule has 2 aromatic rings. The molecule has 8 nitrogen and oxygen atoms in total. The number of nitrogens with two attached hydrogens (primary N) is 1. The lowest BCUT2D eigenvalue weighted by Gasteiger charge is -2.11. The summed E-state index contributed by atoms with van der Waals surface area (Å²) in [5.74, 6) is -0.490. The molecule has 0 amide bonds. The summed E-state index contributed by atoms with van der Waals surface area (Å²) in [6.45, 7) is 0.439. The predicted octanol–water partition coefficient (Wildman–Crippen LogP) is 1.23. The Balaban J connectivity index is 1.99. The van der Waals surface area contributed by atoms with Crippen molar-refractivity contribution in [1.82, 2.24) is 20.0 Å². The van der Waals surface area contributed by atoms with Crippen LogP contribution in [0, 0.1) is 0 Å². The average Bonchev–Trinajstić information content (AvgIpc) is 3.00. The summed E-state index contributed by atoms with van der Waals surface area (Å²) < 4.78 is 46.9. The largest absolute Gasteiger partial charge is 0.483 e. The van der Waals surface area contributed by atoms with Crippen molar-refractivity contribution in [2.45, 2.75) is 25.7 Å². The van der Waals surface area contributed by atoms with Gasteiger partial charge in [-0.05, 0) is 19.1 Å². The van der Waals surface area contributed by atoms with Crippen molar-refractivity contribution < 1.29 is 27.4 Å². The molecule has 0 aliphatic rings. The quantitative estimate of drug-likeness (QED) is 0.741. The Bertz CT molecular complexity index is 702. The van der Waals surface area contributed by atoms with Crippen molar-refractivity contribution in [3.05, 3.63) is 35.9 Å². The molecule has 0 spiro atoms. The van der Waals surface area contributed by atoms with Crippen LogP contribution in [0.1, 0.15) is 24.4 Å². The lowest BCUT2D eigenvalue weighted by molar-refractivity contribution is -0.153. The zero-order valence-electron chi connectivity index (χ0n) is 13.2. The third kappa shape index (κ3) is 5.71. The van der Waals surface area contributed by atoms with E-state index in [1.807, 2.05) is 0 Å². The Kier molecular flexibility index (Phi) is 5.91. The van der Waals surface area contributed by atoms with Crippen LogP contribution in [0.2, 0.25) is 0 Å². The summed E-state index contributed by atoms with van der Waals surface area (Å²) in [6, 6.07) is 2.00. The SMILES string of the molecule is CCOC(=O)Cn1cc([C@H](N)c2ccc(OCC(F)(F)F)cn2)nn1. The van der Waals surface area contributed by atoms with Crippen molar-refractivity contribution in [2.24, 2.45) is 5.73 Å². The van der Waals surface area contributed by atoms with E-state index in [-0.39, 0.29) is 18.9 Å². The summed E-state index contributed by atoms with van der Waals surface area (Å²) in [5, 5.41) is 7.62. The Morgan fingerprint density at radius 2 is 2.12 bits per heavy atom. The van der Waals surface area contributed by atoms with Gasteiger partial charge in [-0.3, -0.25) is 9.78 Å². The lowest BCUT2D eigenvalue weighted by Crippen LogP contribution is -2.19. The minimum absolute atomic E-state index is 0.0285. The van der Waals surface area contributed by atoms with Crippen LogP contribution in [0.25, 0.3) is 0 Å². The molecule has 2 N–H and O–H groups in total. The third-order valence-corrected chi connectivity index (χ3v) is 2.95. The fourth-order valence-corrected chi connectivity index (χ4v) is 1.85. The first-order valence-corrected chi connectivity index (χ1v) is 7.25. The molecular weight excluding hydrogens is 343 g/mol. The normalized spacial score (nSPS) is 12.7. The van der Waals surface area contributed by atoms with Gasteiger partial charge < -0.3 is 15.2 Å². The first-order valence-electron chi connectivity index (χ1n) is 7.25. The zero-order chi connectivity index (χ0) is 18.4. The molecule has 0 bridgehead atoms. The molecule has 0 unspecified atom stereocenters. The second kappa shape index (κ2) is 7.92. The van der Waals surface area contributed by atoms with Crippen molar-refractivity contribution in [3.8, 4) is 5.75 Å². The molecule has 0 saturated heterocycles. The van der Waals surface area contributed by atoms with Crippen LogP contribution in [0.3, 0.4) is 0 Å². The summed E-state index contributed by atoms with van der Waals surface area (Å²) in [5.41, 5.74) is 6.71. The monoisotopic (exact) mass is 359 g/mol. The van der Waals surface area contributed by atoms with E-state index in [0.717, 1.165) is 6.20 Å². The molecule has 0 aliphatic heterocycles. The van der Waals surface area contributed by atoms with Gasteiger partial charge in [0.15, 0.2) is 6.61 Å². The highest BCUT2D eigenvalue weighted by molar-refractivity contribution is 5.68. The van der Waals surface area contributed by atoms with Crippen molar-refractivity contribution in [2.75, 3.05) is 13.2 Å². The molecule has 0 aromatic carbocycles. The maximum atomic E-state index is 12.1. The standard InChI is InChI=1S/C14H16F3N5O3/c1-2-24-12(23)7-22-6-11(20-21-22)13(18)10-4-3-9(5-19-10)25-8-14(15,16)17/h3-6,13H,2,7-8,18H2,1H3/t13-/m1/s1. The molecule has 0 fully saturated rings. The molecule has 2 heterocycles. The number of carbonyl (C=O) groups is 1. The first kappa shape index (κ1) is 18.6. The molecule has 2 rings (SSSR count). The van der Waals surface area contributed by atoms with Gasteiger partial charge in [0.1, 0.15) is 18.0 Å². The number of esters is 1. The summed E-state index contributed by atoms with van der Waals surface area (Å²) in [7, 11) is 0. The van der Waals surface area contributed by atoms with E-state index >= 15 is 0 Å². The van der Waals surface area contributed by atoms with Crippen LogP contribution in [0.5, 0.6) is 5.75 Å². The van der Waals surface area contributed by atoms with Gasteiger partial charge in [0.25, 0.3) is 0 Å². The number of rotatable bonds is 7. The fourth-order valence-electron chi connectivity index (χ4n) is 1.85. The number of halogens is 3. The molecular formula is C14H16F3N5O3. The highest BCUT2D eigenvalue weighted by Crippen LogP contribution is 2.20. The van der Waals surface area contributed by atoms with E-state index in [2.05, 4.69) is 20.0 Å². The van der Waals surface area contributed by atoms with Crippen molar-refractivity contribution >= 4 is 5.97 Å². The van der Waals surface area contributed by atoms with E-state index in [1.165, 1.54) is 23.0 Å². The van der Waals surface area contributed by atoms with E-state index < -0.39 is 24.8 Å². The van der Waals surface area contributed by atoms with Gasteiger partial charge in [0.05, 0.1) is 30.7 Å². The average molecular weight is 359 g/mol. The highest BCUT2D eigenvalue weighted by Gasteiger charge is 2.28. The van der Waals surface area contributed by atoms with Crippen LogP contribution in [-0.4, -0.2) is 45.3 Å². The molecule has 0 radical (unpaired) electrons. The second-order valence-corrected chi connectivity index (χ2v) is 4.95. The topological polar surface area (TPSA) is 105 Å². The molecule has 0 aliphatic carbocycles. The van der Waals surface area contributed by atoms with Crippen molar-refractivity contribution in [3.63, 3.8) is 0 Å². The van der Waals surface area contributed by atoms with Crippen LogP contribution >= 0.6 is 0 Å². The van der Waals surface area contributed by atoms with Gasteiger partial charge in [0, 0.05) is 0 Å². The Morgan fingerprint density at radius 1 is 1.36 bits per heavy atom. The smallest absolute Gasteiger partial charge is 0.422 e. The number of pyridine rings is 1. The van der Waals surface area contributed by atoms with Gasteiger partial charge in [-0.1, -0.05) is 5.21 Å². The predicted molar refractivity (Wildman–Crippen MR) is 78.5 cm³/mol. The van der Waals surface area contributed by atoms with E-state index in [4.69, 9.17) is 10.5 Å². The van der Waals surface area contributed by atoms with Crippen molar-refractivity contribution in [1.29, 1.82) is 0 Å². The minimum atomic E-state index is -4.42. The Morgan fingerprint density at radius 3 is 2.72 bits per heavy atom. The zero-order valence-corrected chi connectivity index (χ0v) is 13.2. The first-order chi connectivity index (χ1) is 11.8. The van der Waals surface area contributed by atoms with Crippen LogP contribution in [0.15, 0.2) is 24.5 Å². The summed E-state index contributed by atoms with van der Waals surface area (Å²) >= 11 is 0. The van der Waals surface area contributed by atoms with E-state index in [0.29, 0.717) is 11.4 Å². The summed E-state index contributed by atoms with van der Waals surface area (Å²) in [6.07, 6.45) is -1.81. The van der Waals surface area contributed by atoms with Gasteiger partial charge in [-0.2, -0.15) is 13.2 Å². The number of alkyl halides is 3. The van der Waals surface area contributed by atoms with E-state index in [1.54, 1.807) is 6.92 Å². The number of hydrogen-bond donors (Lipinski definition) is 1. The number of ether oxygens (including phenoxy) is 2. The number of hydrogen-bond acceptors (Lipinski definition) is 7. The van der Waals surface area contributed by atoms with Crippen LogP contribution in [0.4, 0.5) is 13.2 Å². The van der Waals surface area contributed by atoms with Gasteiger partial charge >= 0.3 is 12.1 Å². The fraction of sp³-hybridized carbons (Fsp3) is 0.429. The lowest BCUT2D eigenvalue weighted by atomic mass is 10.1. The van der Waals surface area contributed by atoms with Crippen LogP contribution < -0.4 is 10.5 Å². The molecule has 1 atom stereocenters. The maximum Gasteiger partial charge on any atom is 0.422 e. The molecule has 2 aromatic heterocycles. The van der Waals surface area contributed by atoms with Crippen LogP contribution in [-0.2, 0) is 16.1 Å². The highest BCUT2D eigenvalue weighted by atomic mass is 19.4. The molecule has 25 heavy (non-hydrogen) atoms. The van der Waals surface area contributed by atoms with Gasteiger partial charge in [-0.25, -0.2) is 4.68 Å². The Labute approximate surface area is 140 Å². The van der Waals surface area contributed by atoms with E-state index in [9.17, 15) is 18.0 Å². The number of nitrogens with zero attached hydrogens (tertiary/aromatic N) is 4. The number of aromatic nitrogens is 4. The maximum absolute atomic E-state index is 12.1. The minimum Gasteiger partial charge on any atom is -0.483 e. The third-order valence-electron chi connectivity index (χ3n) is 2.95.